The van der Waals surface area contributed by atoms with Crippen LogP contribution in [0.5, 0.6) is 0 Å². The molecule has 1 atom stereocenters. The van der Waals surface area contributed by atoms with E-state index in [0.717, 1.165) is 0 Å². The van der Waals surface area contributed by atoms with E-state index in [0.29, 0.717) is 5.56 Å². The topological polar surface area (TPSA) is 52.3 Å². The largest absolute Gasteiger partial charge is 0.367 e. The van der Waals surface area contributed by atoms with E-state index in [1.165, 1.54) is 31.4 Å². The monoisotopic (exact) mass is 197 g/mol. The molecular weight excluding hydrogens is 185 g/mol. The molecule has 0 aliphatic heterocycles. The van der Waals surface area contributed by atoms with Gasteiger partial charge >= 0.3 is 0 Å². The third-order valence-electron chi connectivity index (χ3n) is 2.27. The summed E-state index contributed by atoms with van der Waals surface area (Å²) in [6, 6.07) is 5.47. The first kappa shape index (κ1) is 10.7. The Balaban J connectivity index is 3.13. The molecule has 1 unspecified atom stereocenters. The van der Waals surface area contributed by atoms with Crippen molar-refractivity contribution in [3.8, 4) is 0 Å². The number of rotatable bonds is 3. The molecule has 0 aromatic heterocycles. The number of hydrogen-bond acceptors (Lipinski definition) is 2. The Kier molecular flexibility index (Phi) is 2.86. The molecule has 0 radical (unpaired) electrons. The molecule has 0 aliphatic carbocycles. The number of halogens is 1. The van der Waals surface area contributed by atoms with Crippen molar-refractivity contribution in [2.75, 3.05) is 7.11 Å². The van der Waals surface area contributed by atoms with Gasteiger partial charge in [0.2, 0.25) is 0 Å². The van der Waals surface area contributed by atoms with E-state index in [1.807, 2.05) is 0 Å². The average molecular weight is 197 g/mol. The Hall–Kier alpha value is -1.42. The Morgan fingerprint density at radius 1 is 1.43 bits per heavy atom. The molecule has 0 aliphatic rings. The molecule has 0 heterocycles. The number of carbonyl (C=O) groups is 1. The van der Waals surface area contributed by atoms with Crippen molar-refractivity contribution < 1.29 is 13.9 Å². The van der Waals surface area contributed by atoms with Crippen molar-refractivity contribution in [2.24, 2.45) is 5.73 Å². The molecule has 2 N–H and O–H groups in total. The van der Waals surface area contributed by atoms with Crippen molar-refractivity contribution in [3.05, 3.63) is 35.6 Å². The van der Waals surface area contributed by atoms with Crippen LogP contribution in [-0.2, 0) is 15.1 Å². The van der Waals surface area contributed by atoms with Gasteiger partial charge in [-0.1, -0.05) is 12.1 Å². The second-order valence-corrected chi connectivity index (χ2v) is 3.11. The second-order valence-electron chi connectivity index (χ2n) is 3.11. The summed E-state index contributed by atoms with van der Waals surface area (Å²) in [5, 5.41) is 0. The van der Waals surface area contributed by atoms with Gasteiger partial charge in [-0.25, -0.2) is 4.39 Å². The third kappa shape index (κ3) is 1.75. The SMILES string of the molecule is COC(C)(C(N)=O)c1ccc(F)cc1. The standard InChI is InChI=1S/C10H12FNO2/c1-10(14-2,9(12)13)7-3-5-8(11)6-4-7/h3-6H,1-2H3,(H2,12,13). The van der Waals surface area contributed by atoms with Crippen LogP contribution < -0.4 is 5.73 Å². The fraction of sp³-hybridized carbons (Fsp3) is 0.300. The zero-order valence-corrected chi connectivity index (χ0v) is 8.08. The molecule has 1 aromatic rings. The van der Waals surface area contributed by atoms with Gasteiger partial charge in [-0.2, -0.15) is 0 Å². The molecule has 1 aromatic carbocycles. The molecule has 0 fully saturated rings. The smallest absolute Gasteiger partial charge is 0.254 e. The van der Waals surface area contributed by atoms with Gasteiger partial charge in [-0.05, 0) is 24.6 Å². The van der Waals surface area contributed by atoms with Crippen LogP contribution in [0.3, 0.4) is 0 Å². The number of benzene rings is 1. The number of methoxy groups -OCH3 is 1. The maximum atomic E-state index is 12.6. The predicted molar refractivity (Wildman–Crippen MR) is 50.0 cm³/mol. The second kappa shape index (κ2) is 3.75. The number of ether oxygens (including phenoxy) is 1. The summed E-state index contributed by atoms with van der Waals surface area (Å²) < 4.78 is 17.7. The molecular formula is C10H12FNO2. The number of hydrogen-bond donors (Lipinski definition) is 1. The first-order chi connectivity index (χ1) is 6.50. The summed E-state index contributed by atoms with van der Waals surface area (Å²) in [4.78, 5) is 11.1. The molecule has 0 bridgehead atoms. The van der Waals surface area contributed by atoms with Gasteiger partial charge in [-0.3, -0.25) is 4.79 Å². The minimum Gasteiger partial charge on any atom is -0.367 e. The number of nitrogens with two attached hydrogens (primary N) is 1. The minimum atomic E-state index is -1.20. The molecule has 4 heteroatoms. The van der Waals surface area contributed by atoms with E-state index in [4.69, 9.17) is 10.5 Å². The molecule has 76 valence electrons. The summed E-state index contributed by atoms with van der Waals surface area (Å²) in [7, 11) is 1.38. The molecule has 0 saturated heterocycles. The average Bonchev–Trinajstić information content (AvgIpc) is 2.17. The van der Waals surface area contributed by atoms with E-state index in [9.17, 15) is 9.18 Å². The van der Waals surface area contributed by atoms with Crippen LogP contribution in [0.15, 0.2) is 24.3 Å². The molecule has 3 nitrogen and oxygen atoms in total. The van der Waals surface area contributed by atoms with Gasteiger partial charge in [0.15, 0.2) is 5.60 Å². The summed E-state index contributed by atoms with van der Waals surface area (Å²) in [6.07, 6.45) is 0. The Morgan fingerprint density at radius 3 is 2.29 bits per heavy atom. The van der Waals surface area contributed by atoms with E-state index in [1.54, 1.807) is 6.92 Å². The van der Waals surface area contributed by atoms with Gasteiger partial charge in [-0.15, -0.1) is 0 Å². The summed E-state index contributed by atoms with van der Waals surface area (Å²) >= 11 is 0. The van der Waals surface area contributed by atoms with Gasteiger partial charge < -0.3 is 10.5 Å². The van der Waals surface area contributed by atoms with Crippen molar-refractivity contribution in [3.63, 3.8) is 0 Å². The molecule has 14 heavy (non-hydrogen) atoms. The lowest BCUT2D eigenvalue weighted by Gasteiger charge is -2.24. The van der Waals surface area contributed by atoms with Crippen LogP contribution >= 0.6 is 0 Å². The maximum absolute atomic E-state index is 12.6. The van der Waals surface area contributed by atoms with Crippen LogP contribution in [-0.4, -0.2) is 13.0 Å². The van der Waals surface area contributed by atoms with Crippen molar-refractivity contribution in [2.45, 2.75) is 12.5 Å². The lowest BCUT2D eigenvalue weighted by molar-refractivity contribution is -0.139. The van der Waals surface area contributed by atoms with Crippen LogP contribution in [0, 0.1) is 5.82 Å². The lowest BCUT2D eigenvalue weighted by Crippen LogP contribution is -2.40. The zero-order chi connectivity index (χ0) is 10.8. The summed E-state index contributed by atoms with van der Waals surface area (Å²) in [5.74, 6) is -0.969. The van der Waals surface area contributed by atoms with E-state index < -0.39 is 11.5 Å². The van der Waals surface area contributed by atoms with E-state index in [-0.39, 0.29) is 5.82 Å². The van der Waals surface area contributed by atoms with Gasteiger partial charge in [0.1, 0.15) is 5.82 Å². The highest BCUT2D eigenvalue weighted by molar-refractivity contribution is 5.84. The summed E-state index contributed by atoms with van der Waals surface area (Å²) in [5.41, 5.74) is 4.53. The number of amides is 1. The van der Waals surface area contributed by atoms with E-state index in [2.05, 4.69) is 0 Å². The van der Waals surface area contributed by atoms with Crippen molar-refractivity contribution in [1.29, 1.82) is 0 Å². The van der Waals surface area contributed by atoms with Crippen molar-refractivity contribution >= 4 is 5.91 Å². The highest BCUT2D eigenvalue weighted by Crippen LogP contribution is 2.24. The van der Waals surface area contributed by atoms with Gasteiger partial charge in [0.25, 0.3) is 5.91 Å². The predicted octanol–water partition coefficient (Wildman–Crippen LogP) is 1.17. The molecule has 1 rings (SSSR count). The van der Waals surface area contributed by atoms with Crippen molar-refractivity contribution in [1.82, 2.24) is 0 Å². The highest BCUT2D eigenvalue weighted by atomic mass is 19.1. The fourth-order valence-electron chi connectivity index (χ4n) is 1.13. The van der Waals surface area contributed by atoms with Gasteiger partial charge in [0.05, 0.1) is 0 Å². The van der Waals surface area contributed by atoms with Crippen LogP contribution in [0.25, 0.3) is 0 Å². The van der Waals surface area contributed by atoms with E-state index >= 15 is 0 Å². The first-order valence-electron chi connectivity index (χ1n) is 4.12. The zero-order valence-electron chi connectivity index (χ0n) is 8.08. The quantitative estimate of drug-likeness (QED) is 0.790. The fourth-order valence-corrected chi connectivity index (χ4v) is 1.13. The maximum Gasteiger partial charge on any atom is 0.254 e. The normalized spacial score (nSPS) is 14.8. The Labute approximate surface area is 81.7 Å². The Bertz CT molecular complexity index is 336. The lowest BCUT2D eigenvalue weighted by atomic mass is 9.95. The van der Waals surface area contributed by atoms with Crippen LogP contribution in [0.4, 0.5) is 4.39 Å². The van der Waals surface area contributed by atoms with Crippen LogP contribution in [0.1, 0.15) is 12.5 Å². The molecule has 0 saturated carbocycles. The number of primary amides is 1. The Morgan fingerprint density at radius 2 is 1.93 bits per heavy atom. The summed E-state index contributed by atoms with van der Waals surface area (Å²) in [6.45, 7) is 1.54. The number of carbonyl (C=O) groups excluding carboxylic acids is 1. The minimum absolute atomic E-state index is 0.364. The third-order valence-corrected chi connectivity index (χ3v) is 2.27. The van der Waals surface area contributed by atoms with Gasteiger partial charge in [0, 0.05) is 7.11 Å². The molecule has 0 spiro atoms. The highest BCUT2D eigenvalue weighted by Gasteiger charge is 2.32. The first-order valence-corrected chi connectivity index (χ1v) is 4.12. The molecule has 1 amide bonds. The van der Waals surface area contributed by atoms with Crippen LogP contribution in [0.2, 0.25) is 0 Å².